The van der Waals surface area contributed by atoms with E-state index in [4.69, 9.17) is 14.2 Å². The van der Waals surface area contributed by atoms with Gasteiger partial charge in [0.1, 0.15) is 11.6 Å². The first-order chi connectivity index (χ1) is 10.6. The van der Waals surface area contributed by atoms with Gasteiger partial charge in [-0.2, -0.15) is 5.26 Å². The Kier molecular flexibility index (Phi) is 4.89. The average molecular weight is 302 g/mol. The number of nitrogens with zero attached hydrogens (tertiary/aromatic N) is 1. The molecule has 0 saturated heterocycles. The Balaban J connectivity index is 2.39. The topological polar surface area (TPSA) is 80.6 Å². The molecule has 1 aliphatic rings. The maximum absolute atomic E-state index is 12.0. The zero-order valence-corrected chi connectivity index (χ0v) is 12.8. The van der Waals surface area contributed by atoms with Crippen molar-refractivity contribution in [3.05, 3.63) is 23.3 Å². The summed E-state index contributed by atoms with van der Waals surface area (Å²) in [5, 5.41) is 12.0. The van der Waals surface area contributed by atoms with Crippen LogP contribution in [0.4, 0.5) is 0 Å². The lowest BCUT2D eigenvalue weighted by atomic mass is 10.1. The van der Waals surface area contributed by atoms with Gasteiger partial charge in [-0.1, -0.05) is 0 Å². The van der Waals surface area contributed by atoms with Gasteiger partial charge in [0.05, 0.1) is 21.3 Å². The molecular weight excluding hydrogens is 284 g/mol. The quantitative estimate of drug-likeness (QED) is 0.641. The number of carbonyl (C=O) groups excluding carboxylic acids is 1. The van der Waals surface area contributed by atoms with E-state index in [1.807, 2.05) is 6.07 Å². The molecule has 0 aromatic heterocycles. The number of rotatable bonds is 6. The van der Waals surface area contributed by atoms with Crippen LogP contribution in [0.15, 0.2) is 17.7 Å². The summed E-state index contributed by atoms with van der Waals surface area (Å²) in [5.74, 6) is 0.965. The number of ether oxygens (including phenoxy) is 3. The highest BCUT2D eigenvalue weighted by Crippen LogP contribution is 2.40. The Bertz CT molecular complexity index is 642. The van der Waals surface area contributed by atoms with E-state index < -0.39 is 0 Å². The number of hydrogen-bond acceptors (Lipinski definition) is 5. The number of nitrogens with one attached hydrogen (secondary N) is 1. The van der Waals surface area contributed by atoms with Crippen LogP contribution in [-0.2, 0) is 4.79 Å². The van der Waals surface area contributed by atoms with Gasteiger partial charge < -0.3 is 19.5 Å². The van der Waals surface area contributed by atoms with E-state index in [9.17, 15) is 10.1 Å². The van der Waals surface area contributed by atoms with Gasteiger partial charge in [-0.15, -0.1) is 0 Å². The van der Waals surface area contributed by atoms with Gasteiger partial charge in [-0.3, -0.25) is 4.79 Å². The third kappa shape index (κ3) is 3.31. The van der Waals surface area contributed by atoms with Gasteiger partial charge in [0.2, 0.25) is 5.75 Å². The van der Waals surface area contributed by atoms with Crippen molar-refractivity contribution < 1.29 is 19.0 Å². The number of hydrogen-bond donors (Lipinski definition) is 1. The van der Waals surface area contributed by atoms with E-state index in [0.29, 0.717) is 22.8 Å². The molecule has 6 heteroatoms. The zero-order chi connectivity index (χ0) is 16.1. The Hall–Kier alpha value is -2.68. The van der Waals surface area contributed by atoms with Gasteiger partial charge in [0.25, 0.3) is 5.91 Å². The Morgan fingerprint density at radius 1 is 1.23 bits per heavy atom. The van der Waals surface area contributed by atoms with Crippen LogP contribution in [-0.4, -0.2) is 33.3 Å². The summed E-state index contributed by atoms with van der Waals surface area (Å²) in [7, 11) is 4.51. The van der Waals surface area contributed by atoms with Crippen molar-refractivity contribution in [1.29, 1.82) is 5.26 Å². The van der Waals surface area contributed by atoms with E-state index in [2.05, 4.69) is 5.32 Å². The summed E-state index contributed by atoms with van der Waals surface area (Å²) >= 11 is 0. The molecule has 6 nitrogen and oxygen atoms in total. The van der Waals surface area contributed by atoms with Gasteiger partial charge in [-0.25, -0.2) is 0 Å². The summed E-state index contributed by atoms with van der Waals surface area (Å²) in [6, 6.07) is 5.52. The molecule has 0 spiro atoms. The second-order valence-corrected chi connectivity index (χ2v) is 4.84. The van der Waals surface area contributed by atoms with Crippen LogP contribution in [0.2, 0.25) is 0 Å². The highest BCUT2D eigenvalue weighted by Gasteiger charge is 2.25. The molecular formula is C16H18N2O4. The van der Waals surface area contributed by atoms with Crippen LogP contribution < -0.4 is 19.5 Å². The molecule has 1 aromatic rings. The monoisotopic (exact) mass is 302 g/mol. The predicted octanol–water partition coefficient (Wildman–Crippen LogP) is 1.90. The van der Waals surface area contributed by atoms with Crippen molar-refractivity contribution in [2.24, 2.45) is 0 Å². The Morgan fingerprint density at radius 2 is 1.91 bits per heavy atom. The molecule has 1 amide bonds. The molecule has 116 valence electrons. The van der Waals surface area contributed by atoms with Gasteiger partial charge in [-0.05, 0) is 31.1 Å². The van der Waals surface area contributed by atoms with Crippen molar-refractivity contribution >= 4 is 12.0 Å². The Morgan fingerprint density at radius 3 is 2.41 bits per heavy atom. The summed E-state index contributed by atoms with van der Waals surface area (Å²) in [6.45, 7) is 0. The van der Waals surface area contributed by atoms with E-state index in [-0.39, 0.29) is 17.5 Å². The fourth-order valence-electron chi connectivity index (χ4n) is 2.03. The molecule has 0 atom stereocenters. The fraction of sp³-hybridized carbons (Fsp3) is 0.375. The fourth-order valence-corrected chi connectivity index (χ4v) is 2.03. The minimum atomic E-state index is -0.373. The predicted molar refractivity (Wildman–Crippen MR) is 80.9 cm³/mol. The van der Waals surface area contributed by atoms with E-state index in [1.54, 1.807) is 12.1 Å². The summed E-state index contributed by atoms with van der Waals surface area (Å²) in [4.78, 5) is 12.0. The lowest BCUT2D eigenvalue weighted by Crippen LogP contribution is -2.26. The molecule has 2 rings (SSSR count). The molecule has 1 saturated carbocycles. The van der Waals surface area contributed by atoms with Crippen LogP contribution in [0.25, 0.3) is 6.08 Å². The summed E-state index contributed by atoms with van der Waals surface area (Å²) < 4.78 is 15.8. The first kappa shape index (κ1) is 15.7. The lowest BCUT2D eigenvalue weighted by molar-refractivity contribution is -0.117. The first-order valence-corrected chi connectivity index (χ1v) is 6.86. The van der Waals surface area contributed by atoms with Gasteiger partial charge in [0.15, 0.2) is 11.5 Å². The van der Waals surface area contributed by atoms with E-state index >= 15 is 0 Å². The highest BCUT2D eigenvalue weighted by atomic mass is 16.5. The number of nitriles is 1. The molecule has 1 fully saturated rings. The van der Waals surface area contributed by atoms with Crippen molar-refractivity contribution in [2.75, 3.05) is 21.3 Å². The zero-order valence-electron chi connectivity index (χ0n) is 12.8. The molecule has 0 heterocycles. The first-order valence-electron chi connectivity index (χ1n) is 6.86. The second-order valence-electron chi connectivity index (χ2n) is 4.84. The smallest absolute Gasteiger partial charge is 0.262 e. The third-order valence-corrected chi connectivity index (χ3v) is 3.31. The largest absolute Gasteiger partial charge is 0.493 e. The molecule has 1 aromatic carbocycles. The molecule has 0 unspecified atom stereocenters. The van der Waals surface area contributed by atoms with Crippen LogP contribution in [0.1, 0.15) is 18.4 Å². The molecule has 0 bridgehead atoms. The van der Waals surface area contributed by atoms with Crippen molar-refractivity contribution in [2.45, 2.75) is 18.9 Å². The molecule has 0 radical (unpaired) electrons. The van der Waals surface area contributed by atoms with Crippen molar-refractivity contribution in [3.8, 4) is 23.3 Å². The molecule has 1 aliphatic carbocycles. The maximum Gasteiger partial charge on any atom is 0.262 e. The number of methoxy groups -OCH3 is 3. The highest BCUT2D eigenvalue weighted by molar-refractivity contribution is 6.02. The normalized spacial score (nSPS) is 14.0. The van der Waals surface area contributed by atoms with E-state index in [0.717, 1.165) is 12.8 Å². The standard InChI is InChI=1S/C16H18N2O4/c1-20-13-7-4-10(14(21-2)15(13)22-3)8-11(9-17)16(19)18-12-5-6-12/h4,7-8,12H,5-6H2,1-3H3,(H,18,19)/b11-8+. The molecule has 22 heavy (non-hydrogen) atoms. The minimum Gasteiger partial charge on any atom is -0.493 e. The molecule has 0 aliphatic heterocycles. The van der Waals surface area contributed by atoms with Crippen LogP contribution >= 0.6 is 0 Å². The number of carbonyl (C=O) groups is 1. The SMILES string of the molecule is COc1ccc(/C=C(\C#N)C(=O)NC2CC2)c(OC)c1OC. The van der Waals surface area contributed by atoms with Crippen LogP contribution in [0.3, 0.4) is 0 Å². The van der Waals surface area contributed by atoms with Gasteiger partial charge in [0, 0.05) is 11.6 Å². The lowest BCUT2D eigenvalue weighted by Gasteiger charge is -2.14. The van der Waals surface area contributed by atoms with Crippen LogP contribution in [0.5, 0.6) is 17.2 Å². The molecule has 1 N–H and O–H groups in total. The van der Waals surface area contributed by atoms with E-state index in [1.165, 1.54) is 27.4 Å². The maximum atomic E-state index is 12.0. The van der Waals surface area contributed by atoms with Crippen LogP contribution in [0, 0.1) is 11.3 Å². The second kappa shape index (κ2) is 6.85. The van der Waals surface area contributed by atoms with Crippen molar-refractivity contribution in [3.63, 3.8) is 0 Å². The van der Waals surface area contributed by atoms with Gasteiger partial charge >= 0.3 is 0 Å². The average Bonchev–Trinajstić information content (AvgIpc) is 3.35. The minimum absolute atomic E-state index is 0.0254. The number of benzene rings is 1. The number of amides is 1. The summed E-state index contributed by atoms with van der Waals surface area (Å²) in [6.07, 6.45) is 3.41. The third-order valence-electron chi connectivity index (χ3n) is 3.31. The Labute approximate surface area is 129 Å². The van der Waals surface area contributed by atoms with Crippen molar-refractivity contribution in [1.82, 2.24) is 5.32 Å². The summed E-state index contributed by atoms with van der Waals surface area (Å²) in [5.41, 5.74) is 0.597.